The Labute approximate surface area is 223 Å². The van der Waals surface area contributed by atoms with Crippen LogP contribution in [0.15, 0.2) is 72.5 Å². The largest absolute Gasteiger partial charge is 0.466 e. The molecule has 3 rings (SSSR count). The van der Waals surface area contributed by atoms with Crippen LogP contribution in [0.4, 0.5) is 18.9 Å². The van der Waals surface area contributed by atoms with Gasteiger partial charge in [0.2, 0.25) is 0 Å². The van der Waals surface area contributed by atoms with Crippen LogP contribution in [-0.2, 0) is 30.0 Å². The first-order valence-electron chi connectivity index (χ1n) is 11.8. The Kier molecular flexibility index (Phi) is 9.27. The Morgan fingerprint density at radius 2 is 1.90 bits per heavy atom. The molecule has 2 unspecified atom stereocenters. The summed E-state index contributed by atoms with van der Waals surface area (Å²) in [4.78, 5) is 27.7. The molecule has 0 radical (unpaired) electrons. The quantitative estimate of drug-likeness (QED) is 0.271. The van der Waals surface area contributed by atoms with Gasteiger partial charge < -0.3 is 14.2 Å². The van der Waals surface area contributed by atoms with Gasteiger partial charge in [-0.3, -0.25) is 15.1 Å². The van der Waals surface area contributed by atoms with Crippen molar-refractivity contribution in [3.63, 3.8) is 0 Å². The monoisotopic (exact) mass is 541 g/mol. The van der Waals surface area contributed by atoms with Gasteiger partial charge in [-0.05, 0) is 42.8 Å². The van der Waals surface area contributed by atoms with Crippen LogP contribution in [0, 0.1) is 22.7 Å². The number of carbonyl (C=O) groups excluding carboxylic acids is 2. The summed E-state index contributed by atoms with van der Waals surface area (Å²) in [6.45, 7) is 4.81. The number of nitrogens with one attached hydrogen (secondary N) is 1. The maximum Gasteiger partial charge on any atom is 0.416 e. The van der Waals surface area contributed by atoms with Crippen LogP contribution >= 0.6 is 0 Å². The summed E-state index contributed by atoms with van der Waals surface area (Å²) in [5.74, 6) is -4.72. The zero-order chi connectivity index (χ0) is 28.7. The molecule has 0 saturated heterocycles. The summed E-state index contributed by atoms with van der Waals surface area (Å²) in [7, 11) is 1.13. The van der Waals surface area contributed by atoms with Crippen molar-refractivity contribution in [2.75, 3.05) is 31.8 Å². The fourth-order valence-corrected chi connectivity index (χ4v) is 4.37. The van der Waals surface area contributed by atoms with Crippen molar-refractivity contribution in [1.82, 2.24) is 0 Å². The number of esters is 2. The fourth-order valence-electron chi connectivity index (χ4n) is 4.37. The van der Waals surface area contributed by atoms with E-state index >= 15 is 0 Å². The molecule has 0 fully saturated rings. The van der Waals surface area contributed by atoms with E-state index in [1.807, 2.05) is 6.07 Å². The summed E-state index contributed by atoms with van der Waals surface area (Å²) >= 11 is 0. The fraction of sp³-hybridized carbons (Fsp3) is 0.286. The Balaban J connectivity index is 2.38. The van der Waals surface area contributed by atoms with Gasteiger partial charge in [0.25, 0.3) is 0 Å². The zero-order valence-corrected chi connectivity index (χ0v) is 21.2. The number of alkyl halides is 3. The summed E-state index contributed by atoms with van der Waals surface area (Å²) in [5, 5.41) is 18.3. The number of ether oxygens (including phenoxy) is 3. The molecule has 0 aromatic heterocycles. The Hall–Kier alpha value is -4.43. The molecule has 1 aliphatic heterocycles. The maximum atomic E-state index is 13.6. The third kappa shape index (κ3) is 6.18. The van der Waals surface area contributed by atoms with Gasteiger partial charge in [0.1, 0.15) is 11.8 Å². The summed E-state index contributed by atoms with van der Waals surface area (Å²) < 4.78 is 56.7. The highest BCUT2D eigenvalue weighted by Crippen LogP contribution is 2.44. The van der Waals surface area contributed by atoms with Gasteiger partial charge in [-0.2, -0.15) is 18.4 Å². The molecule has 2 atom stereocenters. The molecule has 8 nitrogen and oxygen atoms in total. The van der Waals surface area contributed by atoms with Gasteiger partial charge in [0, 0.05) is 11.6 Å². The molecule has 1 aliphatic rings. The lowest BCUT2D eigenvalue weighted by Crippen LogP contribution is -2.49. The van der Waals surface area contributed by atoms with Gasteiger partial charge in [-0.1, -0.05) is 24.3 Å². The van der Waals surface area contributed by atoms with Crippen LogP contribution in [0.1, 0.15) is 29.5 Å². The third-order valence-electron chi connectivity index (χ3n) is 6.01. The van der Waals surface area contributed by atoms with Gasteiger partial charge in [-0.25, -0.2) is 4.79 Å². The van der Waals surface area contributed by atoms with Crippen LogP contribution in [0.5, 0.6) is 0 Å². The SMILES string of the molecule is C=CCOCC1=C(C(=O)OC)C(c2ccc(C#N)cc2)C(C(=O)OCC)C(=N)N1c1cccc(C(F)(F)F)c1. The average molecular weight is 542 g/mol. The van der Waals surface area contributed by atoms with Gasteiger partial charge >= 0.3 is 18.1 Å². The van der Waals surface area contributed by atoms with E-state index in [1.165, 1.54) is 36.4 Å². The Morgan fingerprint density at radius 1 is 1.21 bits per heavy atom. The molecule has 1 N–H and O–H groups in total. The van der Waals surface area contributed by atoms with Crippen LogP contribution in [-0.4, -0.2) is 44.7 Å². The molecule has 0 bridgehead atoms. The normalized spacial score (nSPS) is 17.4. The number of anilines is 1. The molecular weight excluding hydrogens is 515 g/mol. The van der Waals surface area contributed by atoms with E-state index < -0.39 is 41.3 Å². The van der Waals surface area contributed by atoms with Crippen LogP contribution < -0.4 is 4.90 Å². The highest BCUT2D eigenvalue weighted by Gasteiger charge is 2.48. The van der Waals surface area contributed by atoms with Crippen LogP contribution in [0.3, 0.4) is 0 Å². The van der Waals surface area contributed by atoms with Gasteiger partial charge in [-0.15, -0.1) is 6.58 Å². The first kappa shape index (κ1) is 29.1. The number of hydrogen-bond acceptors (Lipinski definition) is 7. The molecule has 2 aromatic rings. The molecule has 0 saturated carbocycles. The van der Waals surface area contributed by atoms with Crippen molar-refractivity contribution >= 4 is 23.5 Å². The molecule has 39 heavy (non-hydrogen) atoms. The number of rotatable bonds is 9. The minimum atomic E-state index is -4.69. The van der Waals surface area contributed by atoms with Crippen molar-refractivity contribution in [2.45, 2.75) is 19.0 Å². The summed E-state index contributed by atoms with van der Waals surface area (Å²) in [6, 6.07) is 12.2. The molecular formula is C28H26F3N3O5. The average Bonchev–Trinajstić information content (AvgIpc) is 2.92. The minimum absolute atomic E-state index is 0.0166. The Bertz CT molecular complexity index is 1330. The second-order valence-corrected chi connectivity index (χ2v) is 8.37. The minimum Gasteiger partial charge on any atom is -0.466 e. The van der Waals surface area contributed by atoms with Gasteiger partial charge in [0.05, 0.1) is 55.4 Å². The number of hydrogen-bond donors (Lipinski definition) is 1. The van der Waals surface area contributed by atoms with Crippen LogP contribution in [0.25, 0.3) is 0 Å². The topological polar surface area (TPSA) is 113 Å². The number of amidine groups is 1. The first-order chi connectivity index (χ1) is 18.6. The Morgan fingerprint density at radius 3 is 2.46 bits per heavy atom. The predicted molar refractivity (Wildman–Crippen MR) is 136 cm³/mol. The van der Waals surface area contributed by atoms with Crippen molar-refractivity contribution < 1.29 is 37.0 Å². The number of carbonyl (C=O) groups is 2. The molecule has 0 amide bonds. The van der Waals surface area contributed by atoms with E-state index in [1.54, 1.807) is 6.92 Å². The maximum absolute atomic E-state index is 13.6. The first-order valence-corrected chi connectivity index (χ1v) is 11.8. The molecule has 1 heterocycles. The lowest BCUT2D eigenvalue weighted by Gasteiger charge is -2.41. The third-order valence-corrected chi connectivity index (χ3v) is 6.01. The van der Waals surface area contributed by atoms with E-state index in [0.29, 0.717) is 11.1 Å². The van der Waals surface area contributed by atoms with E-state index in [9.17, 15) is 28.0 Å². The zero-order valence-electron chi connectivity index (χ0n) is 21.2. The number of methoxy groups -OCH3 is 1. The van der Waals surface area contributed by atoms with Crippen molar-refractivity contribution in [1.29, 1.82) is 10.7 Å². The van der Waals surface area contributed by atoms with E-state index in [0.717, 1.165) is 30.2 Å². The summed E-state index contributed by atoms with van der Waals surface area (Å²) in [5.41, 5.74) is -0.467. The van der Waals surface area contributed by atoms with E-state index in [2.05, 4.69) is 6.58 Å². The van der Waals surface area contributed by atoms with Crippen LogP contribution in [0.2, 0.25) is 0 Å². The number of halogens is 3. The molecule has 204 valence electrons. The lowest BCUT2D eigenvalue weighted by atomic mass is 9.75. The molecule has 11 heteroatoms. The number of benzene rings is 2. The van der Waals surface area contributed by atoms with Crippen molar-refractivity contribution in [3.8, 4) is 6.07 Å². The summed E-state index contributed by atoms with van der Waals surface area (Å²) in [6.07, 6.45) is -3.24. The smallest absolute Gasteiger partial charge is 0.416 e. The highest BCUT2D eigenvalue weighted by molar-refractivity contribution is 6.14. The van der Waals surface area contributed by atoms with Crippen molar-refractivity contribution in [3.05, 3.63) is 89.1 Å². The second-order valence-electron chi connectivity index (χ2n) is 8.37. The lowest BCUT2D eigenvalue weighted by molar-refractivity contribution is -0.146. The highest BCUT2D eigenvalue weighted by atomic mass is 19.4. The van der Waals surface area contributed by atoms with E-state index in [-0.39, 0.29) is 36.8 Å². The molecule has 0 aliphatic carbocycles. The molecule has 2 aromatic carbocycles. The predicted octanol–water partition coefficient (Wildman–Crippen LogP) is 4.97. The van der Waals surface area contributed by atoms with Gasteiger partial charge in [0.15, 0.2) is 0 Å². The van der Waals surface area contributed by atoms with E-state index in [4.69, 9.17) is 19.6 Å². The molecule has 0 spiro atoms. The second kappa shape index (κ2) is 12.4. The number of nitriles is 1. The van der Waals surface area contributed by atoms with Crippen molar-refractivity contribution in [2.24, 2.45) is 5.92 Å². The standard InChI is InChI=1S/C28H26F3N3O5/c1-4-13-38-16-21-23(26(35)37-3)22(18-11-9-17(15-32)10-12-18)24(27(36)39-5-2)25(33)34(21)20-8-6-7-19(14-20)28(29,30)31/h4,6-12,14,22,24,33H,1,5,13,16H2,2-3H3. The number of nitrogens with zero attached hydrogens (tertiary/aromatic N) is 2.